The van der Waals surface area contributed by atoms with Gasteiger partial charge in [0.25, 0.3) is 0 Å². The molecule has 4 rings (SSSR count). The highest BCUT2D eigenvalue weighted by Crippen LogP contribution is 2.31. The van der Waals surface area contributed by atoms with Crippen LogP contribution in [0, 0.1) is 0 Å². The minimum atomic E-state index is -0.0248. The van der Waals surface area contributed by atoms with Gasteiger partial charge in [-0.05, 0) is 41.8 Å². The molecule has 0 radical (unpaired) electrons. The first-order valence-corrected chi connectivity index (χ1v) is 8.90. The molecule has 0 saturated heterocycles. The van der Waals surface area contributed by atoms with Crippen molar-refractivity contribution in [2.75, 3.05) is 7.11 Å². The summed E-state index contributed by atoms with van der Waals surface area (Å²) in [7, 11) is 1.67. The van der Waals surface area contributed by atoms with E-state index in [0.29, 0.717) is 11.8 Å². The summed E-state index contributed by atoms with van der Waals surface area (Å²) in [6.07, 6.45) is 0.781. The number of benzene rings is 3. The maximum atomic E-state index is 6.06. The van der Waals surface area contributed by atoms with Crippen molar-refractivity contribution in [1.82, 2.24) is 10.2 Å². The van der Waals surface area contributed by atoms with Gasteiger partial charge in [0, 0.05) is 5.56 Å². The van der Waals surface area contributed by atoms with E-state index in [4.69, 9.17) is 9.15 Å². The second kappa shape index (κ2) is 7.87. The molecular formula is C23H20N2O2. The highest BCUT2D eigenvalue weighted by atomic mass is 16.5. The maximum Gasteiger partial charge on any atom is 0.247 e. The third kappa shape index (κ3) is 3.90. The number of rotatable bonds is 6. The zero-order valence-electron chi connectivity index (χ0n) is 15.1. The van der Waals surface area contributed by atoms with Crippen molar-refractivity contribution < 1.29 is 9.15 Å². The van der Waals surface area contributed by atoms with Crippen molar-refractivity contribution in [3.8, 4) is 17.2 Å². The van der Waals surface area contributed by atoms with E-state index in [-0.39, 0.29) is 5.92 Å². The molecule has 0 aliphatic carbocycles. The first-order valence-electron chi connectivity index (χ1n) is 8.90. The third-order valence-electron chi connectivity index (χ3n) is 4.56. The van der Waals surface area contributed by atoms with Crippen LogP contribution in [-0.2, 0) is 6.42 Å². The fourth-order valence-electron chi connectivity index (χ4n) is 3.11. The Hall–Kier alpha value is -3.40. The number of aromatic nitrogens is 2. The fourth-order valence-corrected chi connectivity index (χ4v) is 3.11. The summed E-state index contributed by atoms with van der Waals surface area (Å²) in [5.41, 5.74) is 3.25. The van der Waals surface area contributed by atoms with Crippen molar-refractivity contribution >= 4 is 0 Å². The molecular weight excluding hydrogens is 336 g/mol. The standard InChI is InChI=1S/C23H20N2O2/c1-26-20-14-12-18(13-15-20)21(16-17-8-4-2-5-9-17)23-25-24-22(27-23)19-10-6-3-7-11-19/h2-15,21H,16H2,1H3. The molecule has 4 heteroatoms. The number of hydrogen-bond acceptors (Lipinski definition) is 4. The molecule has 4 aromatic rings. The largest absolute Gasteiger partial charge is 0.497 e. The Kier molecular flexibility index (Phi) is 4.97. The maximum absolute atomic E-state index is 6.06. The van der Waals surface area contributed by atoms with Crippen LogP contribution >= 0.6 is 0 Å². The van der Waals surface area contributed by atoms with Gasteiger partial charge >= 0.3 is 0 Å². The van der Waals surface area contributed by atoms with Gasteiger partial charge in [-0.2, -0.15) is 0 Å². The molecule has 0 spiro atoms. The van der Waals surface area contributed by atoms with Gasteiger partial charge in [0.15, 0.2) is 0 Å². The van der Waals surface area contributed by atoms with Crippen LogP contribution in [0.2, 0.25) is 0 Å². The Balaban J connectivity index is 1.70. The SMILES string of the molecule is COc1ccc(C(Cc2ccccc2)c2nnc(-c3ccccc3)o2)cc1. The summed E-state index contributed by atoms with van der Waals surface area (Å²) >= 11 is 0. The van der Waals surface area contributed by atoms with Gasteiger partial charge in [-0.3, -0.25) is 0 Å². The zero-order chi connectivity index (χ0) is 18.5. The van der Waals surface area contributed by atoms with Gasteiger partial charge in [-0.15, -0.1) is 10.2 Å². The van der Waals surface area contributed by atoms with E-state index < -0.39 is 0 Å². The van der Waals surface area contributed by atoms with Crippen LogP contribution in [-0.4, -0.2) is 17.3 Å². The lowest BCUT2D eigenvalue weighted by atomic mass is 9.92. The second-order valence-electron chi connectivity index (χ2n) is 6.33. The van der Waals surface area contributed by atoms with E-state index in [1.54, 1.807) is 7.11 Å². The number of nitrogens with zero attached hydrogens (tertiary/aromatic N) is 2. The van der Waals surface area contributed by atoms with Crippen LogP contribution in [0.4, 0.5) is 0 Å². The van der Waals surface area contributed by atoms with Crippen molar-refractivity contribution in [2.24, 2.45) is 0 Å². The molecule has 0 fully saturated rings. The normalized spacial score (nSPS) is 11.9. The molecule has 1 aromatic heterocycles. The third-order valence-corrected chi connectivity index (χ3v) is 4.56. The first kappa shape index (κ1) is 17.0. The number of hydrogen-bond donors (Lipinski definition) is 0. The quantitative estimate of drug-likeness (QED) is 0.481. The molecule has 0 N–H and O–H groups in total. The topological polar surface area (TPSA) is 48.2 Å². The van der Waals surface area contributed by atoms with Crippen molar-refractivity contribution in [1.29, 1.82) is 0 Å². The number of methoxy groups -OCH3 is 1. The minimum absolute atomic E-state index is 0.0248. The van der Waals surface area contributed by atoms with Gasteiger partial charge in [0.1, 0.15) is 5.75 Å². The van der Waals surface area contributed by atoms with Crippen LogP contribution in [0.1, 0.15) is 22.9 Å². The van der Waals surface area contributed by atoms with Crippen molar-refractivity contribution in [2.45, 2.75) is 12.3 Å². The van der Waals surface area contributed by atoms with E-state index in [2.05, 4.69) is 34.5 Å². The molecule has 0 bridgehead atoms. The summed E-state index contributed by atoms with van der Waals surface area (Å²) in [4.78, 5) is 0. The molecule has 0 aliphatic rings. The lowest BCUT2D eigenvalue weighted by molar-refractivity contribution is 0.414. The first-order chi connectivity index (χ1) is 13.3. The molecule has 27 heavy (non-hydrogen) atoms. The van der Waals surface area contributed by atoms with Gasteiger partial charge in [0.2, 0.25) is 11.8 Å². The van der Waals surface area contributed by atoms with Crippen LogP contribution in [0.5, 0.6) is 5.75 Å². The highest BCUT2D eigenvalue weighted by Gasteiger charge is 2.22. The van der Waals surface area contributed by atoms with E-state index in [1.807, 2.05) is 60.7 Å². The van der Waals surface area contributed by atoms with Crippen LogP contribution in [0.3, 0.4) is 0 Å². The second-order valence-corrected chi connectivity index (χ2v) is 6.33. The van der Waals surface area contributed by atoms with Crippen LogP contribution in [0.25, 0.3) is 11.5 Å². The average molecular weight is 356 g/mol. The van der Waals surface area contributed by atoms with E-state index >= 15 is 0 Å². The predicted molar refractivity (Wildman–Crippen MR) is 105 cm³/mol. The van der Waals surface area contributed by atoms with E-state index in [9.17, 15) is 0 Å². The van der Waals surface area contributed by atoms with Gasteiger partial charge < -0.3 is 9.15 Å². The molecule has 0 amide bonds. The predicted octanol–water partition coefficient (Wildman–Crippen LogP) is 5.12. The molecule has 1 atom stereocenters. The number of ether oxygens (including phenoxy) is 1. The molecule has 134 valence electrons. The minimum Gasteiger partial charge on any atom is -0.497 e. The molecule has 1 heterocycles. The van der Waals surface area contributed by atoms with E-state index in [0.717, 1.165) is 23.3 Å². The average Bonchev–Trinajstić information content (AvgIpc) is 3.23. The van der Waals surface area contributed by atoms with Gasteiger partial charge in [-0.1, -0.05) is 60.7 Å². The fraction of sp³-hybridized carbons (Fsp3) is 0.130. The van der Waals surface area contributed by atoms with Gasteiger partial charge in [0.05, 0.1) is 13.0 Å². The molecule has 1 unspecified atom stereocenters. The Morgan fingerprint density at radius 1 is 0.815 bits per heavy atom. The smallest absolute Gasteiger partial charge is 0.247 e. The summed E-state index contributed by atoms with van der Waals surface area (Å²) in [5.74, 6) is 1.95. The lowest BCUT2D eigenvalue weighted by Crippen LogP contribution is -2.06. The lowest BCUT2D eigenvalue weighted by Gasteiger charge is -2.14. The molecule has 0 saturated carbocycles. The molecule has 3 aromatic carbocycles. The highest BCUT2D eigenvalue weighted by molar-refractivity contribution is 5.52. The Morgan fingerprint density at radius 3 is 2.15 bits per heavy atom. The summed E-state index contributed by atoms with van der Waals surface area (Å²) in [6, 6.07) is 28.2. The van der Waals surface area contributed by atoms with Crippen molar-refractivity contribution in [3.63, 3.8) is 0 Å². The zero-order valence-corrected chi connectivity index (χ0v) is 15.1. The summed E-state index contributed by atoms with van der Waals surface area (Å²) in [5, 5.41) is 8.63. The van der Waals surface area contributed by atoms with Crippen LogP contribution < -0.4 is 4.74 Å². The summed E-state index contributed by atoms with van der Waals surface area (Å²) < 4.78 is 11.3. The van der Waals surface area contributed by atoms with Crippen LogP contribution in [0.15, 0.2) is 89.3 Å². The molecule has 0 aliphatic heterocycles. The Morgan fingerprint density at radius 2 is 1.48 bits per heavy atom. The summed E-state index contributed by atoms with van der Waals surface area (Å²) in [6.45, 7) is 0. The van der Waals surface area contributed by atoms with E-state index in [1.165, 1.54) is 5.56 Å². The molecule has 4 nitrogen and oxygen atoms in total. The monoisotopic (exact) mass is 356 g/mol. The Bertz CT molecular complexity index is 980. The van der Waals surface area contributed by atoms with Crippen molar-refractivity contribution in [3.05, 3.63) is 102 Å². The van der Waals surface area contributed by atoms with Gasteiger partial charge in [-0.25, -0.2) is 0 Å². The Labute approximate surface area is 158 Å².